The van der Waals surface area contributed by atoms with E-state index in [0.717, 1.165) is 3.79 Å². The Hall–Kier alpha value is -0.930. The largest absolute Gasteiger partial charge is 0.336 e. The number of thiophene rings is 1. The Balaban J connectivity index is 1.71. The SMILES string of the molecule is O=C(c1csc(Br)c1)N1CCN(S(=O)(=O)c2ccccc2Cl)CC1. The molecule has 0 aliphatic carbocycles. The fourth-order valence-corrected chi connectivity index (χ4v) is 5.58. The van der Waals surface area contributed by atoms with Crippen LogP contribution < -0.4 is 0 Å². The van der Waals surface area contributed by atoms with Crippen molar-refractivity contribution in [3.8, 4) is 0 Å². The zero-order valence-electron chi connectivity index (χ0n) is 12.5. The number of benzene rings is 1. The first kappa shape index (κ1) is 17.9. The number of carbonyl (C=O) groups excluding carboxylic acids is 1. The van der Waals surface area contributed by atoms with E-state index in [1.807, 2.05) is 0 Å². The van der Waals surface area contributed by atoms with Crippen LogP contribution in [-0.2, 0) is 10.0 Å². The van der Waals surface area contributed by atoms with Crippen LogP contribution >= 0.6 is 38.9 Å². The minimum Gasteiger partial charge on any atom is -0.336 e. The molecule has 3 rings (SSSR count). The molecule has 0 spiro atoms. The van der Waals surface area contributed by atoms with E-state index in [0.29, 0.717) is 18.7 Å². The molecule has 1 amide bonds. The van der Waals surface area contributed by atoms with Gasteiger partial charge in [0.25, 0.3) is 5.91 Å². The highest BCUT2D eigenvalue weighted by Gasteiger charge is 2.31. The Morgan fingerprint density at radius 2 is 1.83 bits per heavy atom. The Kier molecular flexibility index (Phi) is 5.31. The summed E-state index contributed by atoms with van der Waals surface area (Å²) in [5.74, 6) is -0.0771. The maximum atomic E-state index is 12.7. The van der Waals surface area contributed by atoms with Crippen LogP contribution in [0.3, 0.4) is 0 Å². The molecule has 1 aromatic carbocycles. The normalized spacial score (nSPS) is 16.3. The van der Waals surface area contributed by atoms with Gasteiger partial charge in [0.05, 0.1) is 14.4 Å². The second-order valence-electron chi connectivity index (χ2n) is 5.27. The number of rotatable bonds is 3. The molecule has 2 heterocycles. The van der Waals surface area contributed by atoms with Gasteiger partial charge in [-0.05, 0) is 34.1 Å². The van der Waals surface area contributed by atoms with Crippen LogP contribution in [0, 0.1) is 0 Å². The Bertz CT molecular complexity index is 861. The van der Waals surface area contributed by atoms with Crippen molar-refractivity contribution in [2.75, 3.05) is 26.2 Å². The van der Waals surface area contributed by atoms with Crippen LogP contribution in [0.5, 0.6) is 0 Å². The molecule has 2 aromatic rings. The van der Waals surface area contributed by atoms with E-state index in [1.165, 1.54) is 21.7 Å². The van der Waals surface area contributed by atoms with Gasteiger partial charge in [-0.2, -0.15) is 4.31 Å². The number of halogens is 2. The van der Waals surface area contributed by atoms with Crippen molar-refractivity contribution in [3.63, 3.8) is 0 Å². The first-order valence-electron chi connectivity index (χ1n) is 7.17. The molecule has 9 heteroatoms. The van der Waals surface area contributed by atoms with Crippen molar-refractivity contribution in [1.82, 2.24) is 9.21 Å². The second kappa shape index (κ2) is 7.13. The summed E-state index contributed by atoms with van der Waals surface area (Å²) < 4.78 is 27.7. The number of piperazine rings is 1. The van der Waals surface area contributed by atoms with Gasteiger partial charge in [-0.15, -0.1) is 11.3 Å². The number of amides is 1. The Morgan fingerprint density at radius 1 is 1.17 bits per heavy atom. The van der Waals surface area contributed by atoms with E-state index in [9.17, 15) is 13.2 Å². The molecular weight excluding hydrogens is 436 g/mol. The van der Waals surface area contributed by atoms with Crippen molar-refractivity contribution in [1.29, 1.82) is 0 Å². The van der Waals surface area contributed by atoms with E-state index in [-0.39, 0.29) is 28.9 Å². The minimum atomic E-state index is -3.64. The molecule has 1 fully saturated rings. The number of hydrogen-bond donors (Lipinski definition) is 0. The summed E-state index contributed by atoms with van der Waals surface area (Å²) in [6.45, 7) is 1.22. The first-order chi connectivity index (χ1) is 11.4. The molecular formula is C15H14BrClN2O3S2. The van der Waals surface area contributed by atoms with Crippen LogP contribution in [0.15, 0.2) is 44.4 Å². The van der Waals surface area contributed by atoms with Gasteiger partial charge in [0.2, 0.25) is 10.0 Å². The van der Waals surface area contributed by atoms with E-state index < -0.39 is 10.0 Å². The van der Waals surface area contributed by atoms with Gasteiger partial charge >= 0.3 is 0 Å². The third kappa shape index (κ3) is 3.52. The number of nitrogens with zero attached hydrogens (tertiary/aromatic N) is 2. The molecule has 1 saturated heterocycles. The van der Waals surface area contributed by atoms with Crippen LogP contribution in [0.25, 0.3) is 0 Å². The average Bonchev–Trinajstić information content (AvgIpc) is 3.01. The standard InChI is InChI=1S/C15H14BrClN2O3S2/c16-14-9-11(10-23-14)15(20)18-5-7-19(8-6-18)24(21,22)13-4-2-1-3-12(13)17/h1-4,9-10H,5-8H2. The third-order valence-electron chi connectivity index (χ3n) is 3.79. The molecule has 1 aliphatic heterocycles. The van der Waals surface area contributed by atoms with Crippen molar-refractivity contribution >= 4 is 54.8 Å². The molecule has 0 unspecified atom stereocenters. The maximum absolute atomic E-state index is 12.7. The zero-order valence-corrected chi connectivity index (χ0v) is 16.5. The van der Waals surface area contributed by atoms with E-state index in [1.54, 1.807) is 34.5 Å². The molecule has 0 saturated carbocycles. The summed E-state index contributed by atoms with van der Waals surface area (Å²) in [6, 6.07) is 8.17. The average molecular weight is 450 g/mol. The molecule has 5 nitrogen and oxygen atoms in total. The van der Waals surface area contributed by atoms with Gasteiger partial charge in [-0.1, -0.05) is 23.7 Å². The summed E-state index contributed by atoms with van der Waals surface area (Å²) in [7, 11) is -3.64. The molecule has 0 radical (unpaired) electrons. The Labute approximate surface area is 158 Å². The van der Waals surface area contributed by atoms with Gasteiger partial charge in [0.15, 0.2) is 0 Å². The minimum absolute atomic E-state index is 0.0771. The highest BCUT2D eigenvalue weighted by molar-refractivity contribution is 9.11. The number of carbonyl (C=O) groups is 1. The summed E-state index contributed by atoms with van der Waals surface area (Å²) >= 11 is 10.8. The number of hydrogen-bond acceptors (Lipinski definition) is 4. The molecule has 0 bridgehead atoms. The quantitative estimate of drug-likeness (QED) is 0.722. The van der Waals surface area contributed by atoms with E-state index >= 15 is 0 Å². The molecule has 0 N–H and O–H groups in total. The smallest absolute Gasteiger partial charge is 0.254 e. The summed E-state index contributed by atoms with van der Waals surface area (Å²) in [5.41, 5.74) is 0.620. The third-order valence-corrected chi connectivity index (χ3v) is 7.70. The highest BCUT2D eigenvalue weighted by atomic mass is 79.9. The molecule has 1 aromatic heterocycles. The Morgan fingerprint density at radius 3 is 2.42 bits per heavy atom. The van der Waals surface area contributed by atoms with Gasteiger partial charge in [-0.25, -0.2) is 8.42 Å². The van der Waals surface area contributed by atoms with Crippen molar-refractivity contribution in [2.24, 2.45) is 0 Å². The lowest BCUT2D eigenvalue weighted by Gasteiger charge is -2.34. The monoisotopic (exact) mass is 448 g/mol. The fourth-order valence-electron chi connectivity index (χ4n) is 2.53. The summed E-state index contributed by atoms with van der Waals surface area (Å²) in [6.07, 6.45) is 0. The van der Waals surface area contributed by atoms with Crippen LogP contribution in [0.4, 0.5) is 0 Å². The molecule has 1 aliphatic rings. The second-order valence-corrected chi connectivity index (χ2v) is 9.87. The molecule has 0 atom stereocenters. The predicted molar refractivity (Wildman–Crippen MR) is 98.1 cm³/mol. The highest BCUT2D eigenvalue weighted by Crippen LogP contribution is 2.26. The van der Waals surface area contributed by atoms with Crippen molar-refractivity contribution in [2.45, 2.75) is 4.90 Å². The fraction of sp³-hybridized carbons (Fsp3) is 0.267. The predicted octanol–water partition coefficient (Wildman–Crippen LogP) is 3.31. The lowest BCUT2D eigenvalue weighted by Crippen LogP contribution is -2.50. The van der Waals surface area contributed by atoms with Gasteiger partial charge in [0.1, 0.15) is 4.90 Å². The van der Waals surface area contributed by atoms with E-state index in [2.05, 4.69) is 15.9 Å². The van der Waals surface area contributed by atoms with Gasteiger partial charge in [-0.3, -0.25) is 4.79 Å². The lowest BCUT2D eigenvalue weighted by atomic mass is 10.2. The van der Waals surface area contributed by atoms with Crippen LogP contribution in [0.1, 0.15) is 10.4 Å². The van der Waals surface area contributed by atoms with Crippen molar-refractivity contribution in [3.05, 3.63) is 50.1 Å². The lowest BCUT2D eigenvalue weighted by molar-refractivity contribution is 0.0698. The van der Waals surface area contributed by atoms with Crippen LogP contribution in [-0.4, -0.2) is 49.7 Å². The number of sulfonamides is 1. The van der Waals surface area contributed by atoms with Gasteiger partial charge < -0.3 is 4.90 Å². The summed E-state index contributed by atoms with van der Waals surface area (Å²) in [5, 5.41) is 2.00. The topological polar surface area (TPSA) is 57.7 Å². The zero-order chi connectivity index (χ0) is 17.3. The first-order valence-corrected chi connectivity index (χ1v) is 10.7. The molecule has 24 heavy (non-hydrogen) atoms. The van der Waals surface area contributed by atoms with Crippen molar-refractivity contribution < 1.29 is 13.2 Å². The van der Waals surface area contributed by atoms with Gasteiger partial charge in [0, 0.05) is 31.6 Å². The maximum Gasteiger partial charge on any atom is 0.254 e. The van der Waals surface area contributed by atoms with E-state index in [4.69, 9.17) is 11.6 Å². The van der Waals surface area contributed by atoms with Crippen LogP contribution in [0.2, 0.25) is 5.02 Å². The summed E-state index contributed by atoms with van der Waals surface area (Å²) in [4.78, 5) is 14.2. The molecule has 128 valence electrons.